The summed E-state index contributed by atoms with van der Waals surface area (Å²) in [6, 6.07) is 0. The van der Waals surface area contributed by atoms with Crippen molar-refractivity contribution in [3.63, 3.8) is 0 Å². The normalized spacial score (nSPS) is 11.7. The van der Waals surface area contributed by atoms with Crippen molar-refractivity contribution in [2.75, 3.05) is 6.54 Å². The molecule has 6 heteroatoms. The molecular formula is C8H16N6. The van der Waals surface area contributed by atoms with Crippen LogP contribution in [0.25, 0.3) is 0 Å². The summed E-state index contributed by atoms with van der Waals surface area (Å²) >= 11 is 0. The van der Waals surface area contributed by atoms with Crippen LogP contribution in [0.2, 0.25) is 0 Å². The van der Waals surface area contributed by atoms with Crippen molar-refractivity contribution in [1.82, 2.24) is 15.6 Å². The summed E-state index contributed by atoms with van der Waals surface area (Å²) in [5.74, 6) is 5.32. The lowest BCUT2D eigenvalue weighted by atomic mass is 10.1. The summed E-state index contributed by atoms with van der Waals surface area (Å²) < 4.78 is 0. The van der Waals surface area contributed by atoms with Crippen LogP contribution in [0.4, 0.5) is 0 Å². The third-order valence-corrected chi connectivity index (χ3v) is 1.97. The SMILES string of the molecule is Cc1[nH]ncc1CCCN=C(N)NN. The van der Waals surface area contributed by atoms with E-state index in [-0.39, 0.29) is 5.96 Å². The van der Waals surface area contributed by atoms with E-state index in [1.165, 1.54) is 5.56 Å². The smallest absolute Gasteiger partial charge is 0.203 e. The van der Waals surface area contributed by atoms with Crippen molar-refractivity contribution < 1.29 is 0 Å². The van der Waals surface area contributed by atoms with Gasteiger partial charge in [-0.25, -0.2) is 5.84 Å². The number of aromatic nitrogens is 2. The highest BCUT2D eigenvalue weighted by atomic mass is 15.3. The number of guanidine groups is 1. The van der Waals surface area contributed by atoms with Gasteiger partial charge in [0.05, 0.1) is 6.20 Å². The molecule has 1 aromatic rings. The van der Waals surface area contributed by atoms with Crippen molar-refractivity contribution in [3.05, 3.63) is 17.5 Å². The Bertz CT molecular complexity index is 303. The number of aromatic amines is 1. The topological polar surface area (TPSA) is 105 Å². The van der Waals surface area contributed by atoms with E-state index in [9.17, 15) is 0 Å². The molecule has 0 saturated heterocycles. The van der Waals surface area contributed by atoms with Gasteiger partial charge in [-0.3, -0.25) is 15.5 Å². The number of hydrogen-bond acceptors (Lipinski definition) is 3. The largest absolute Gasteiger partial charge is 0.369 e. The standard InChI is InChI=1S/C8H16N6/c1-6-7(5-12-14-6)3-2-4-11-8(9)13-10/h5H,2-4,10H2,1H3,(H,12,14)(H3,9,11,13). The third-order valence-electron chi connectivity index (χ3n) is 1.97. The maximum Gasteiger partial charge on any atom is 0.203 e. The molecule has 6 N–H and O–H groups in total. The van der Waals surface area contributed by atoms with Gasteiger partial charge >= 0.3 is 0 Å². The summed E-state index contributed by atoms with van der Waals surface area (Å²) in [5.41, 5.74) is 9.97. The van der Waals surface area contributed by atoms with Gasteiger partial charge in [-0.2, -0.15) is 5.10 Å². The molecular weight excluding hydrogens is 180 g/mol. The van der Waals surface area contributed by atoms with Crippen molar-refractivity contribution in [1.29, 1.82) is 0 Å². The van der Waals surface area contributed by atoms with E-state index in [2.05, 4.69) is 20.6 Å². The summed E-state index contributed by atoms with van der Waals surface area (Å²) in [6.45, 7) is 2.67. The van der Waals surface area contributed by atoms with Gasteiger partial charge in [-0.15, -0.1) is 0 Å². The zero-order valence-electron chi connectivity index (χ0n) is 8.25. The lowest BCUT2D eigenvalue weighted by molar-refractivity contribution is 0.818. The fraction of sp³-hybridized carbons (Fsp3) is 0.500. The van der Waals surface area contributed by atoms with Gasteiger partial charge in [0.1, 0.15) is 0 Å². The average Bonchev–Trinajstić information content (AvgIpc) is 2.58. The van der Waals surface area contributed by atoms with E-state index in [1.807, 2.05) is 13.1 Å². The maximum atomic E-state index is 5.36. The van der Waals surface area contributed by atoms with E-state index in [0.717, 1.165) is 18.5 Å². The van der Waals surface area contributed by atoms with Crippen molar-refractivity contribution in [3.8, 4) is 0 Å². The van der Waals surface area contributed by atoms with Gasteiger partial charge in [0.25, 0.3) is 0 Å². The van der Waals surface area contributed by atoms with Gasteiger partial charge in [0, 0.05) is 12.2 Å². The van der Waals surface area contributed by atoms with Gasteiger partial charge in [-0.1, -0.05) is 0 Å². The number of hydrogen-bond donors (Lipinski definition) is 4. The first-order chi connectivity index (χ1) is 6.74. The molecule has 0 aromatic carbocycles. The van der Waals surface area contributed by atoms with Crippen LogP contribution in [0.5, 0.6) is 0 Å². The molecule has 0 radical (unpaired) electrons. The molecule has 1 aromatic heterocycles. The lowest BCUT2D eigenvalue weighted by Gasteiger charge is -1.99. The third kappa shape index (κ3) is 3.06. The van der Waals surface area contributed by atoms with Crippen molar-refractivity contribution in [2.24, 2.45) is 16.6 Å². The highest BCUT2D eigenvalue weighted by molar-refractivity contribution is 5.77. The van der Waals surface area contributed by atoms with Crippen molar-refractivity contribution in [2.45, 2.75) is 19.8 Å². The van der Waals surface area contributed by atoms with Gasteiger partial charge in [0.15, 0.2) is 0 Å². The number of nitrogens with two attached hydrogens (primary N) is 2. The Hall–Kier alpha value is -1.56. The molecule has 0 atom stereocenters. The van der Waals surface area contributed by atoms with Crippen LogP contribution in [-0.2, 0) is 6.42 Å². The first-order valence-electron chi connectivity index (χ1n) is 4.49. The first-order valence-corrected chi connectivity index (χ1v) is 4.49. The molecule has 0 aliphatic rings. The number of nitrogens with one attached hydrogen (secondary N) is 2. The Labute approximate surface area is 82.7 Å². The summed E-state index contributed by atoms with van der Waals surface area (Å²) in [4.78, 5) is 4.00. The zero-order chi connectivity index (χ0) is 10.4. The van der Waals surface area contributed by atoms with Crippen LogP contribution in [0.1, 0.15) is 17.7 Å². The zero-order valence-corrected chi connectivity index (χ0v) is 8.25. The predicted molar refractivity (Wildman–Crippen MR) is 55.5 cm³/mol. The van der Waals surface area contributed by atoms with Gasteiger partial charge < -0.3 is 5.73 Å². The molecule has 0 unspecified atom stereocenters. The van der Waals surface area contributed by atoms with E-state index >= 15 is 0 Å². The second-order valence-electron chi connectivity index (χ2n) is 3.04. The van der Waals surface area contributed by atoms with E-state index in [4.69, 9.17) is 11.6 Å². The maximum absolute atomic E-state index is 5.36. The minimum atomic E-state index is 0.272. The fourth-order valence-electron chi connectivity index (χ4n) is 1.14. The van der Waals surface area contributed by atoms with Gasteiger partial charge in [-0.05, 0) is 25.3 Å². The van der Waals surface area contributed by atoms with E-state index in [1.54, 1.807) is 0 Å². The molecule has 0 saturated carbocycles. The van der Waals surface area contributed by atoms with E-state index in [0.29, 0.717) is 6.54 Å². The molecule has 0 aliphatic carbocycles. The Kier molecular flexibility index (Phi) is 3.93. The highest BCUT2D eigenvalue weighted by Gasteiger charge is 1.98. The van der Waals surface area contributed by atoms with Crippen LogP contribution < -0.4 is 17.0 Å². The molecule has 0 amide bonds. The number of H-pyrrole nitrogens is 1. The van der Waals surface area contributed by atoms with Crippen LogP contribution >= 0.6 is 0 Å². The number of aryl methyl sites for hydroxylation is 2. The first kappa shape index (κ1) is 10.5. The molecule has 0 fully saturated rings. The number of rotatable bonds is 4. The second-order valence-corrected chi connectivity index (χ2v) is 3.04. The molecule has 0 aliphatic heterocycles. The fourth-order valence-corrected chi connectivity index (χ4v) is 1.14. The second kappa shape index (κ2) is 5.23. The molecule has 14 heavy (non-hydrogen) atoms. The van der Waals surface area contributed by atoms with Gasteiger partial charge in [0.2, 0.25) is 5.96 Å². The molecule has 0 bridgehead atoms. The predicted octanol–water partition coefficient (Wildman–Crippen LogP) is -0.571. The summed E-state index contributed by atoms with van der Waals surface area (Å²) in [7, 11) is 0. The summed E-state index contributed by atoms with van der Waals surface area (Å²) in [6.07, 6.45) is 3.72. The molecule has 0 spiro atoms. The Balaban J connectivity index is 2.26. The summed E-state index contributed by atoms with van der Waals surface area (Å²) in [5, 5.41) is 6.82. The Morgan fingerprint density at radius 3 is 3.07 bits per heavy atom. The quantitative estimate of drug-likeness (QED) is 0.170. The molecule has 1 heterocycles. The minimum Gasteiger partial charge on any atom is -0.369 e. The molecule has 78 valence electrons. The Morgan fingerprint density at radius 1 is 1.71 bits per heavy atom. The molecule has 1 rings (SSSR count). The number of hydrazine groups is 1. The monoisotopic (exact) mass is 196 g/mol. The number of nitrogens with zero attached hydrogens (tertiary/aromatic N) is 2. The minimum absolute atomic E-state index is 0.272. The van der Waals surface area contributed by atoms with E-state index < -0.39 is 0 Å². The number of aliphatic imine (C=N–C) groups is 1. The van der Waals surface area contributed by atoms with Crippen LogP contribution in [0, 0.1) is 6.92 Å². The Morgan fingerprint density at radius 2 is 2.50 bits per heavy atom. The average molecular weight is 196 g/mol. The van der Waals surface area contributed by atoms with Crippen molar-refractivity contribution >= 4 is 5.96 Å². The lowest BCUT2D eigenvalue weighted by Crippen LogP contribution is -2.37. The van der Waals surface area contributed by atoms with Crippen LogP contribution in [-0.4, -0.2) is 22.7 Å². The highest BCUT2D eigenvalue weighted by Crippen LogP contribution is 2.05. The van der Waals surface area contributed by atoms with Crippen LogP contribution in [0.15, 0.2) is 11.2 Å². The van der Waals surface area contributed by atoms with Crippen LogP contribution in [0.3, 0.4) is 0 Å². The molecule has 6 nitrogen and oxygen atoms in total.